The van der Waals surface area contributed by atoms with Crippen molar-refractivity contribution in [1.82, 2.24) is 5.32 Å². The van der Waals surface area contributed by atoms with Crippen molar-refractivity contribution in [3.8, 4) is 0 Å². The Bertz CT molecular complexity index is 254. The summed E-state index contributed by atoms with van der Waals surface area (Å²) in [4.78, 5) is 11.9. The van der Waals surface area contributed by atoms with Crippen LogP contribution in [-0.4, -0.2) is 19.0 Å². The molecule has 18 heavy (non-hydrogen) atoms. The van der Waals surface area contributed by atoms with E-state index in [1.807, 2.05) is 0 Å². The molecule has 2 aliphatic rings. The first-order chi connectivity index (χ1) is 8.33. The van der Waals surface area contributed by atoms with Gasteiger partial charge in [-0.1, -0.05) is 32.1 Å². The molecule has 3 N–H and O–H groups in total. The number of hydrogen-bond donors (Lipinski definition) is 2. The number of rotatable bonds is 6. The summed E-state index contributed by atoms with van der Waals surface area (Å²) < 4.78 is 0. The van der Waals surface area contributed by atoms with Gasteiger partial charge in [-0.05, 0) is 37.6 Å². The highest BCUT2D eigenvalue weighted by atomic mass is 35.5. The molecule has 2 rings (SSSR count). The lowest BCUT2D eigenvalue weighted by Crippen LogP contribution is -2.27. The SMILES string of the molecule is Cl.NCCCCNC(=O)C1CC1C1CCCCC1. The van der Waals surface area contributed by atoms with Crippen molar-refractivity contribution in [2.45, 2.75) is 51.4 Å². The fourth-order valence-electron chi connectivity index (χ4n) is 3.21. The van der Waals surface area contributed by atoms with Crippen LogP contribution in [-0.2, 0) is 4.79 Å². The van der Waals surface area contributed by atoms with Crippen LogP contribution in [0.5, 0.6) is 0 Å². The first-order valence-electron chi connectivity index (χ1n) is 7.30. The minimum Gasteiger partial charge on any atom is -0.356 e. The van der Waals surface area contributed by atoms with E-state index in [1.165, 1.54) is 32.1 Å². The highest BCUT2D eigenvalue weighted by Crippen LogP contribution is 2.49. The Hall–Kier alpha value is -0.280. The first kappa shape index (κ1) is 15.8. The molecule has 0 radical (unpaired) electrons. The molecule has 0 aromatic rings. The minimum atomic E-state index is 0. The molecule has 2 unspecified atom stereocenters. The molecule has 2 aliphatic carbocycles. The molecule has 1 amide bonds. The summed E-state index contributed by atoms with van der Waals surface area (Å²) in [6.45, 7) is 1.54. The van der Waals surface area contributed by atoms with Crippen LogP contribution in [0.3, 0.4) is 0 Å². The number of hydrogen-bond acceptors (Lipinski definition) is 2. The van der Waals surface area contributed by atoms with Crippen molar-refractivity contribution in [1.29, 1.82) is 0 Å². The smallest absolute Gasteiger partial charge is 0.223 e. The van der Waals surface area contributed by atoms with E-state index in [0.717, 1.165) is 38.3 Å². The molecule has 0 aromatic carbocycles. The van der Waals surface area contributed by atoms with Gasteiger partial charge in [0, 0.05) is 12.5 Å². The van der Waals surface area contributed by atoms with E-state index in [-0.39, 0.29) is 12.4 Å². The number of carbonyl (C=O) groups excluding carboxylic acids is 1. The zero-order chi connectivity index (χ0) is 12.1. The molecule has 2 saturated carbocycles. The predicted molar refractivity (Wildman–Crippen MR) is 76.7 cm³/mol. The van der Waals surface area contributed by atoms with E-state index in [9.17, 15) is 4.79 Å². The van der Waals surface area contributed by atoms with Crippen molar-refractivity contribution in [3.63, 3.8) is 0 Å². The second-order valence-corrected chi connectivity index (χ2v) is 5.69. The van der Waals surface area contributed by atoms with Crippen LogP contribution in [0, 0.1) is 17.8 Å². The molecule has 2 atom stereocenters. The molecule has 0 spiro atoms. The van der Waals surface area contributed by atoms with Gasteiger partial charge in [0.25, 0.3) is 0 Å². The number of nitrogens with one attached hydrogen (secondary N) is 1. The fraction of sp³-hybridized carbons (Fsp3) is 0.929. The third kappa shape index (κ3) is 4.43. The van der Waals surface area contributed by atoms with E-state index >= 15 is 0 Å². The molecule has 3 nitrogen and oxygen atoms in total. The second kappa shape index (κ2) is 8.00. The van der Waals surface area contributed by atoms with E-state index in [4.69, 9.17) is 5.73 Å². The van der Waals surface area contributed by atoms with Gasteiger partial charge in [-0.15, -0.1) is 12.4 Å². The number of amides is 1. The lowest BCUT2D eigenvalue weighted by Gasteiger charge is -2.21. The summed E-state index contributed by atoms with van der Waals surface area (Å²) >= 11 is 0. The van der Waals surface area contributed by atoms with Crippen LogP contribution in [0.4, 0.5) is 0 Å². The van der Waals surface area contributed by atoms with Crippen LogP contribution in [0.15, 0.2) is 0 Å². The molecule has 0 saturated heterocycles. The lowest BCUT2D eigenvalue weighted by molar-refractivity contribution is -0.122. The summed E-state index contributed by atoms with van der Waals surface area (Å²) in [5, 5.41) is 3.05. The summed E-state index contributed by atoms with van der Waals surface area (Å²) in [7, 11) is 0. The Kier molecular flexibility index (Phi) is 7.02. The topological polar surface area (TPSA) is 55.1 Å². The van der Waals surface area contributed by atoms with Crippen LogP contribution in [0.1, 0.15) is 51.4 Å². The third-order valence-electron chi connectivity index (χ3n) is 4.36. The molecule has 2 fully saturated rings. The first-order valence-corrected chi connectivity index (χ1v) is 7.30. The Morgan fingerprint density at radius 3 is 2.56 bits per heavy atom. The molecular formula is C14H27ClN2O. The van der Waals surface area contributed by atoms with Crippen molar-refractivity contribution in [3.05, 3.63) is 0 Å². The molecule has 0 aromatic heterocycles. The van der Waals surface area contributed by atoms with Gasteiger partial charge in [0.2, 0.25) is 5.91 Å². The van der Waals surface area contributed by atoms with Crippen molar-refractivity contribution in [2.24, 2.45) is 23.5 Å². The zero-order valence-electron chi connectivity index (χ0n) is 11.2. The highest BCUT2D eigenvalue weighted by Gasteiger charge is 2.47. The van der Waals surface area contributed by atoms with E-state index < -0.39 is 0 Å². The van der Waals surface area contributed by atoms with Gasteiger partial charge in [0.15, 0.2) is 0 Å². The standard InChI is InChI=1S/C14H26N2O.ClH/c15-8-4-5-9-16-14(17)13-10-12(13)11-6-2-1-3-7-11;/h11-13H,1-10,15H2,(H,16,17);1H. The molecule has 0 aliphatic heterocycles. The Morgan fingerprint density at radius 1 is 1.17 bits per heavy atom. The van der Waals surface area contributed by atoms with Crippen molar-refractivity contribution in [2.75, 3.05) is 13.1 Å². The fourth-order valence-corrected chi connectivity index (χ4v) is 3.21. The van der Waals surface area contributed by atoms with Crippen molar-refractivity contribution >= 4 is 18.3 Å². The molecular weight excluding hydrogens is 248 g/mol. The van der Waals surface area contributed by atoms with Gasteiger partial charge in [-0.3, -0.25) is 4.79 Å². The van der Waals surface area contributed by atoms with Crippen LogP contribution >= 0.6 is 12.4 Å². The molecule has 4 heteroatoms. The maximum absolute atomic E-state index is 11.9. The predicted octanol–water partition coefficient (Wildman–Crippen LogP) is 2.48. The molecule has 0 bridgehead atoms. The molecule has 106 valence electrons. The van der Waals surface area contributed by atoms with Gasteiger partial charge in [-0.2, -0.15) is 0 Å². The van der Waals surface area contributed by atoms with Gasteiger partial charge in [0.05, 0.1) is 0 Å². The van der Waals surface area contributed by atoms with Crippen LogP contribution in [0.25, 0.3) is 0 Å². The second-order valence-electron chi connectivity index (χ2n) is 5.69. The monoisotopic (exact) mass is 274 g/mol. The highest BCUT2D eigenvalue weighted by molar-refractivity contribution is 5.85. The summed E-state index contributed by atoms with van der Waals surface area (Å²) in [5.41, 5.74) is 5.42. The summed E-state index contributed by atoms with van der Waals surface area (Å²) in [6.07, 6.45) is 10.1. The number of unbranched alkanes of at least 4 members (excludes halogenated alkanes) is 1. The maximum Gasteiger partial charge on any atom is 0.223 e. The average Bonchev–Trinajstić information content (AvgIpc) is 3.16. The molecule has 0 heterocycles. The summed E-state index contributed by atoms with van der Waals surface area (Å²) in [5.74, 6) is 2.21. The van der Waals surface area contributed by atoms with E-state index in [0.29, 0.717) is 17.7 Å². The number of halogens is 1. The quantitative estimate of drug-likeness (QED) is 0.731. The zero-order valence-corrected chi connectivity index (χ0v) is 12.0. The van der Waals surface area contributed by atoms with Gasteiger partial charge in [0.1, 0.15) is 0 Å². The average molecular weight is 275 g/mol. The van der Waals surface area contributed by atoms with Gasteiger partial charge in [-0.25, -0.2) is 0 Å². The number of nitrogens with two attached hydrogens (primary N) is 1. The lowest BCUT2D eigenvalue weighted by atomic mass is 9.85. The van der Waals surface area contributed by atoms with E-state index in [2.05, 4.69) is 5.32 Å². The largest absolute Gasteiger partial charge is 0.356 e. The van der Waals surface area contributed by atoms with Crippen molar-refractivity contribution < 1.29 is 4.79 Å². The van der Waals surface area contributed by atoms with Gasteiger partial charge >= 0.3 is 0 Å². The van der Waals surface area contributed by atoms with E-state index in [1.54, 1.807) is 0 Å². The minimum absolute atomic E-state index is 0. The van der Waals surface area contributed by atoms with Gasteiger partial charge < -0.3 is 11.1 Å². The normalized spacial score (nSPS) is 27.4. The number of carbonyl (C=O) groups is 1. The Labute approximate surface area is 117 Å². The summed E-state index contributed by atoms with van der Waals surface area (Å²) in [6, 6.07) is 0. The third-order valence-corrected chi connectivity index (χ3v) is 4.36. The Balaban J connectivity index is 0.00000162. The van der Waals surface area contributed by atoms with Crippen LogP contribution < -0.4 is 11.1 Å². The maximum atomic E-state index is 11.9. The van der Waals surface area contributed by atoms with Crippen LogP contribution in [0.2, 0.25) is 0 Å². The Morgan fingerprint density at radius 2 is 1.89 bits per heavy atom.